The van der Waals surface area contributed by atoms with Gasteiger partial charge in [-0.1, -0.05) is 13.0 Å². The average molecular weight is 280 g/mol. The molecular weight excluding hydrogens is 256 g/mol. The lowest BCUT2D eigenvalue weighted by molar-refractivity contribution is -0.386. The molecule has 1 unspecified atom stereocenters. The van der Waals surface area contributed by atoms with Crippen LogP contribution in [0.15, 0.2) is 18.2 Å². The molecular formula is C15H24N2O3. The summed E-state index contributed by atoms with van der Waals surface area (Å²) in [5.74, 6) is 0.352. The second-order valence-electron chi connectivity index (χ2n) is 5.29. The zero-order chi connectivity index (χ0) is 15.1. The first-order valence-corrected chi connectivity index (χ1v) is 7.11. The summed E-state index contributed by atoms with van der Waals surface area (Å²) in [6, 6.07) is 5.44. The van der Waals surface area contributed by atoms with Gasteiger partial charge in [-0.2, -0.15) is 0 Å². The number of nitro benzene ring substituents is 1. The molecule has 0 aromatic heterocycles. The van der Waals surface area contributed by atoms with Gasteiger partial charge in [0.05, 0.1) is 11.0 Å². The predicted octanol–water partition coefficient (Wildman–Crippen LogP) is 3.31. The maximum atomic E-state index is 11.0. The van der Waals surface area contributed by atoms with E-state index in [1.165, 1.54) is 6.07 Å². The highest BCUT2D eigenvalue weighted by Gasteiger charge is 2.17. The molecule has 0 spiro atoms. The Kier molecular flexibility index (Phi) is 6.45. The zero-order valence-electron chi connectivity index (χ0n) is 12.7. The van der Waals surface area contributed by atoms with E-state index in [2.05, 4.69) is 19.2 Å². The summed E-state index contributed by atoms with van der Waals surface area (Å²) in [5, 5.41) is 14.4. The van der Waals surface area contributed by atoms with Gasteiger partial charge in [0.15, 0.2) is 5.75 Å². The molecule has 0 saturated heterocycles. The quantitative estimate of drug-likeness (QED) is 0.586. The van der Waals surface area contributed by atoms with Crippen molar-refractivity contribution in [2.75, 3.05) is 6.54 Å². The fourth-order valence-electron chi connectivity index (χ4n) is 2.00. The molecule has 20 heavy (non-hydrogen) atoms. The van der Waals surface area contributed by atoms with Gasteiger partial charge in [0.25, 0.3) is 0 Å². The van der Waals surface area contributed by atoms with Crippen LogP contribution in [-0.2, 0) is 6.42 Å². The van der Waals surface area contributed by atoms with Crippen LogP contribution in [-0.4, -0.2) is 23.6 Å². The summed E-state index contributed by atoms with van der Waals surface area (Å²) in [4.78, 5) is 10.6. The summed E-state index contributed by atoms with van der Waals surface area (Å²) in [7, 11) is 0. The molecule has 0 aliphatic heterocycles. The lowest BCUT2D eigenvalue weighted by Gasteiger charge is -2.15. The molecule has 1 rings (SSSR count). The van der Waals surface area contributed by atoms with Crippen molar-refractivity contribution in [1.29, 1.82) is 0 Å². The molecule has 0 aliphatic rings. The summed E-state index contributed by atoms with van der Waals surface area (Å²) < 4.78 is 5.55. The molecule has 1 N–H and O–H groups in total. The van der Waals surface area contributed by atoms with Gasteiger partial charge in [0.1, 0.15) is 0 Å². The van der Waals surface area contributed by atoms with E-state index in [0.717, 1.165) is 24.9 Å². The Bertz CT molecular complexity index is 447. The zero-order valence-corrected chi connectivity index (χ0v) is 12.7. The highest BCUT2D eigenvalue weighted by Crippen LogP contribution is 2.29. The normalized spacial score (nSPS) is 12.4. The minimum atomic E-state index is -0.403. The summed E-state index contributed by atoms with van der Waals surface area (Å²) >= 11 is 0. The Morgan fingerprint density at radius 1 is 1.35 bits per heavy atom. The van der Waals surface area contributed by atoms with Gasteiger partial charge in [0, 0.05) is 12.1 Å². The average Bonchev–Trinajstić information content (AvgIpc) is 2.35. The van der Waals surface area contributed by atoms with Gasteiger partial charge >= 0.3 is 5.69 Å². The van der Waals surface area contributed by atoms with E-state index >= 15 is 0 Å². The number of nitro groups is 1. The van der Waals surface area contributed by atoms with Crippen molar-refractivity contribution in [3.63, 3.8) is 0 Å². The maximum Gasteiger partial charge on any atom is 0.310 e. The van der Waals surface area contributed by atoms with Gasteiger partial charge in [-0.15, -0.1) is 0 Å². The largest absolute Gasteiger partial charge is 0.484 e. The van der Waals surface area contributed by atoms with Crippen LogP contribution >= 0.6 is 0 Å². The van der Waals surface area contributed by atoms with E-state index in [9.17, 15) is 10.1 Å². The third-order valence-electron chi connectivity index (χ3n) is 2.87. The van der Waals surface area contributed by atoms with Gasteiger partial charge in [-0.3, -0.25) is 10.1 Å². The molecule has 1 aromatic rings. The van der Waals surface area contributed by atoms with E-state index in [1.54, 1.807) is 12.1 Å². The van der Waals surface area contributed by atoms with Gasteiger partial charge in [-0.05, 0) is 51.8 Å². The minimum Gasteiger partial charge on any atom is -0.484 e. The molecule has 0 bridgehead atoms. The highest BCUT2D eigenvalue weighted by molar-refractivity contribution is 5.48. The van der Waals surface area contributed by atoms with Gasteiger partial charge in [-0.25, -0.2) is 0 Å². The third kappa shape index (κ3) is 5.17. The van der Waals surface area contributed by atoms with E-state index in [-0.39, 0.29) is 11.8 Å². The van der Waals surface area contributed by atoms with Crippen LogP contribution in [0.2, 0.25) is 0 Å². The van der Waals surface area contributed by atoms with Crippen molar-refractivity contribution in [3.05, 3.63) is 33.9 Å². The van der Waals surface area contributed by atoms with Crippen LogP contribution in [0.5, 0.6) is 5.75 Å². The topological polar surface area (TPSA) is 64.4 Å². The van der Waals surface area contributed by atoms with Crippen LogP contribution in [0.3, 0.4) is 0 Å². The summed E-state index contributed by atoms with van der Waals surface area (Å²) in [5.41, 5.74) is 1.07. The molecule has 5 nitrogen and oxygen atoms in total. The Balaban J connectivity index is 2.85. The molecule has 0 heterocycles. The first-order chi connectivity index (χ1) is 9.43. The SMILES string of the molecule is CCCNC(C)Cc1ccc([N+](=O)[O-])c(OC(C)C)c1. The number of nitrogens with one attached hydrogen (secondary N) is 1. The predicted molar refractivity (Wildman–Crippen MR) is 80.3 cm³/mol. The molecule has 1 aromatic carbocycles. The second-order valence-corrected chi connectivity index (χ2v) is 5.29. The third-order valence-corrected chi connectivity index (χ3v) is 2.87. The lowest BCUT2D eigenvalue weighted by atomic mass is 10.1. The van der Waals surface area contributed by atoms with Crippen molar-refractivity contribution in [2.45, 2.75) is 52.7 Å². The molecule has 0 saturated carbocycles. The number of hydrogen-bond donors (Lipinski definition) is 1. The smallest absolute Gasteiger partial charge is 0.310 e. The lowest BCUT2D eigenvalue weighted by Crippen LogP contribution is -2.28. The van der Waals surface area contributed by atoms with Crippen LogP contribution in [0.1, 0.15) is 39.7 Å². The number of rotatable bonds is 8. The van der Waals surface area contributed by atoms with E-state index in [4.69, 9.17) is 4.74 Å². The van der Waals surface area contributed by atoms with Crippen molar-refractivity contribution >= 4 is 5.69 Å². The fourth-order valence-corrected chi connectivity index (χ4v) is 2.00. The highest BCUT2D eigenvalue weighted by atomic mass is 16.6. The van der Waals surface area contributed by atoms with Gasteiger partial charge in [0.2, 0.25) is 0 Å². The summed E-state index contributed by atoms with van der Waals surface area (Å²) in [6.07, 6.45) is 1.83. The van der Waals surface area contributed by atoms with E-state index in [1.807, 2.05) is 13.8 Å². The summed E-state index contributed by atoms with van der Waals surface area (Å²) in [6.45, 7) is 8.94. The van der Waals surface area contributed by atoms with Crippen LogP contribution in [0.4, 0.5) is 5.69 Å². The fraction of sp³-hybridized carbons (Fsp3) is 0.600. The Hall–Kier alpha value is -1.62. The number of hydrogen-bond acceptors (Lipinski definition) is 4. The van der Waals surface area contributed by atoms with Gasteiger partial charge < -0.3 is 10.1 Å². The second kappa shape index (κ2) is 7.85. The van der Waals surface area contributed by atoms with Crippen molar-refractivity contribution < 1.29 is 9.66 Å². The molecule has 0 amide bonds. The van der Waals surface area contributed by atoms with Crippen LogP contribution in [0.25, 0.3) is 0 Å². The number of ether oxygens (including phenoxy) is 1. The molecule has 1 atom stereocenters. The molecule has 112 valence electrons. The van der Waals surface area contributed by atoms with Crippen LogP contribution < -0.4 is 10.1 Å². The van der Waals surface area contributed by atoms with E-state index < -0.39 is 4.92 Å². The van der Waals surface area contributed by atoms with Crippen molar-refractivity contribution in [3.8, 4) is 5.75 Å². The van der Waals surface area contributed by atoms with Crippen molar-refractivity contribution in [1.82, 2.24) is 5.32 Å². The number of nitrogens with zero attached hydrogens (tertiary/aromatic N) is 1. The first kappa shape index (κ1) is 16.4. The first-order valence-electron chi connectivity index (χ1n) is 7.11. The van der Waals surface area contributed by atoms with E-state index in [0.29, 0.717) is 11.8 Å². The standard InChI is InChI=1S/C15H24N2O3/c1-5-8-16-12(4)9-13-6-7-14(17(18)19)15(10-13)20-11(2)3/h6-7,10-12,16H,5,8-9H2,1-4H3. The molecule has 0 radical (unpaired) electrons. The monoisotopic (exact) mass is 280 g/mol. The Morgan fingerprint density at radius 3 is 2.60 bits per heavy atom. The van der Waals surface area contributed by atoms with Crippen LogP contribution in [0, 0.1) is 10.1 Å². The van der Waals surface area contributed by atoms with Crippen molar-refractivity contribution in [2.24, 2.45) is 0 Å². The Labute approximate surface area is 120 Å². The molecule has 5 heteroatoms. The maximum absolute atomic E-state index is 11.0. The Morgan fingerprint density at radius 2 is 2.05 bits per heavy atom. The molecule has 0 fully saturated rings. The minimum absolute atomic E-state index is 0.0246. The molecule has 0 aliphatic carbocycles. The number of benzene rings is 1.